The predicted molar refractivity (Wildman–Crippen MR) is 83.5 cm³/mol. The van der Waals surface area contributed by atoms with E-state index in [1.807, 2.05) is 0 Å². The molecule has 1 aromatic carbocycles. The Hall–Kier alpha value is -0.0900. The maximum absolute atomic E-state index is 3.49. The summed E-state index contributed by atoms with van der Waals surface area (Å²) in [5.74, 6) is 0. The molecule has 1 fully saturated rings. The van der Waals surface area contributed by atoms with Gasteiger partial charge in [0, 0.05) is 29.6 Å². The first kappa shape index (κ1) is 16.0. The highest BCUT2D eigenvalue weighted by atomic mass is 79.9. The van der Waals surface area contributed by atoms with Gasteiger partial charge in [-0.05, 0) is 44.5 Å². The lowest BCUT2D eigenvalue weighted by Crippen LogP contribution is -2.42. The first-order valence-corrected chi connectivity index (χ1v) is 7.17. The molecular weight excluding hydrogens is 312 g/mol. The van der Waals surface area contributed by atoms with Crippen LogP contribution < -0.4 is 5.32 Å². The summed E-state index contributed by atoms with van der Waals surface area (Å²) in [6, 6.07) is 9.94. The van der Waals surface area contributed by atoms with Gasteiger partial charge in [0.15, 0.2) is 0 Å². The van der Waals surface area contributed by atoms with Crippen LogP contribution in [-0.4, -0.2) is 31.1 Å². The van der Waals surface area contributed by atoms with Crippen molar-refractivity contribution in [2.45, 2.75) is 31.8 Å². The minimum absolute atomic E-state index is 0. The molecule has 1 unspecified atom stereocenters. The average Bonchev–Trinajstić information content (AvgIpc) is 2.39. The Morgan fingerprint density at radius 1 is 1.22 bits per heavy atom. The van der Waals surface area contributed by atoms with Gasteiger partial charge in [0.2, 0.25) is 0 Å². The number of hydrogen-bond donors (Lipinski definition) is 1. The van der Waals surface area contributed by atoms with Crippen LogP contribution in [0, 0.1) is 0 Å². The first-order chi connectivity index (χ1) is 8.20. The van der Waals surface area contributed by atoms with Gasteiger partial charge in [-0.15, -0.1) is 12.4 Å². The van der Waals surface area contributed by atoms with Crippen molar-refractivity contribution in [2.75, 3.05) is 20.1 Å². The Labute approximate surface area is 125 Å². The maximum Gasteiger partial charge on any atom is 0.0319 e. The van der Waals surface area contributed by atoms with Gasteiger partial charge >= 0.3 is 0 Å². The largest absolute Gasteiger partial charge is 0.317 e. The van der Waals surface area contributed by atoms with Crippen LogP contribution in [0.15, 0.2) is 28.7 Å². The van der Waals surface area contributed by atoms with E-state index in [1.54, 1.807) is 0 Å². The monoisotopic (exact) mass is 332 g/mol. The third-order valence-electron chi connectivity index (χ3n) is 3.84. The Kier molecular flexibility index (Phi) is 6.64. The summed E-state index contributed by atoms with van der Waals surface area (Å²) in [5.41, 5.74) is 1.41. The van der Waals surface area contributed by atoms with Gasteiger partial charge < -0.3 is 5.32 Å². The van der Waals surface area contributed by atoms with Gasteiger partial charge in [0.25, 0.3) is 0 Å². The molecule has 0 amide bonds. The number of benzene rings is 1. The van der Waals surface area contributed by atoms with Crippen LogP contribution in [0.3, 0.4) is 0 Å². The molecule has 1 atom stereocenters. The summed E-state index contributed by atoms with van der Waals surface area (Å²) >= 11 is 3.49. The topological polar surface area (TPSA) is 15.3 Å². The normalized spacial score (nSPS) is 19.3. The minimum Gasteiger partial charge on any atom is -0.317 e. The Bertz CT molecular complexity index is 347. The second-order valence-electron chi connectivity index (χ2n) is 4.83. The zero-order chi connectivity index (χ0) is 12.3. The van der Waals surface area contributed by atoms with Crippen molar-refractivity contribution in [1.29, 1.82) is 0 Å². The van der Waals surface area contributed by atoms with E-state index in [0.29, 0.717) is 12.1 Å². The van der Waals surface area contributed by atoms with Crippen molar-refractivity contribution in [1.82, 2.24) is 10.2 Å². The number of nitrogens with one attached hydrogen (secondary N) is 1. The highest BCUT2D eigenvalue weighted by Crippen LogP contribution is 2.25. The lowest BCUT2D eigenvalue weighted by atomic mass is 10.0. The molecule has 1 aliphatic heterocycles. The molecule has 102 valence electrons. The first-order valence-electron chi connectivity index (χ1n) is 6.37. The summed E-state index contributed by atoms with van der Waals surface area (Å²) in [7, 11) is 2.07. The van der Waals surface area contributed by atoms with E-state index in [0.717, 1.165) is 4.47 Å². The van der Waals surface area contributed by atoms with E-state index in [-0.39, 0.29) is 12.4 Å². The molecule has 4 heteroatoms. The van der Waals surface area contributed by atoms with Gasteiger partial charge in [-0.2, -0.15) is 0 Å². The molecule has 0 aliphatic carbocycles. The second-order valence-corrected chi connectivity index (χ2v) is 5.74. The molecular formula is C14H22BrClN2. The van der Waals surface area contributed by atoms with E-state index >= 15 is 0 Å². The minimum atomic E-state index is 0. The molecule has 0 radical (unpaired) electrons. The van der Waals surface area contributed by atoms with Crippen LogP contribution in [0.5, 0.6) is 0 Å². The molecule has 2 rings (SSSR count). The third kappa shape index (κ3) is 3.95. The van der Waals surface area contributed by atoms with E-state index in [9.17, 15) is 0 Å². The zero-order valence-corrected chi connectivity index (χ0v) is 13.4. The van der Waals surface area contributed by atoms with Crippen molar-refractivity contribution >= 4 is 28.3 Å². The molecule has 2 nitrogen and oxygen atoms in total. The lowest BCUT2D eigenvalue weighted by molar-refractivity contribution is 0.155. The van der Waals surface area contributed by atoms with Crippen LogP contribution in [0.2, 0.25) is 0 Å². The van der Waals surface area contributed by atoms with Crippen molar-refractivity contribution < 1.29 is 0 Å². The second kappa shape index (κ2) is 7.49. The molecule has 1 saturated heterocycles. The van der Waals surface area contributed by atoms with E-state index < -0.39 is 0 Å². The Balaban J connectivity index is 0.00000162. The Morgan fingerprint density at radius 2 is 1.78 bits per heavy atom. The van der Waals surface area contributed by atoms with Crippen LogP contribution >= 0.6 is 28.3 Å². The average molecular weight is 334 g/mol. The molecule has 0 bridgehead atoms. The van der Waals surface area contributed by atoms with Crippen LogP contribution in [0.4, 0.5) is 0 Å². The number of piperidine rings is 1. The summed E-state index contributed by atoms with van der Waals surface area (Å²) in [6.45, 7) is 4.70. The van der Waals surface area contributed by atoms with E-state index in [1.165, 1.54) is 31.5 Å². The fourth-order valence-corrected chi connectivity index (χ4v) is 2.79. The summed E-state index contributed by atoms with van der Waals surface area (Å²) < 4.78 is 1.15. The number of hydrogen-bond acceptors (Lipinski definition) is 2. The van der Waals surface area contributed by atoms with Gasteiger partial charge in [-0.1, -0.05) is 28.1 Å². The summed E-state index contributed by atoms with van der Waals surface area (Å²) in [5, 5.41) is 3.38. The molecule has 1 heterocycles. The van der Waals surface area contributed by atoms with Gasteiger partial charge in [-0.25, -0.2) is 0 Å². The van der Waals surface area contributed by atoms with Crippen LogP contribution in [0.1, 0.15) is 31.4 Å². The number of rotatable bonds is 3. The standard InChI is InChI=1S/C14H21BrN2.ClH/c1-11(12-3-5-13(15)6-4-12)17-9-7-14(16-2)8-10-17;/h3-6,11,14,16H,7-10H2,1-2H3;1H. The quantitative estimate of drug-likeness (QED) is 0.909. The van der Waals surface area contributed by atoms with E-state index in [2.05, 4.69) is 64.4 Å². The molecule has 1 aliphatic rings. The predicted octanol–water partition coefficient (Wildman–Crippen LogP) is 3.62. The molecule has 1 N–H and O–H groups in total. The van der Waals surface area contributed by atoms with Gasteiger partial charge in [0.05, 0.1) is 0 Å². The maximum atomic E-state index is 3.49. The fraction of sp³-hybridized carbons (Fsp3) is 0.571. The fourth-order valence-electron chi connectivity index (χ4n) is 2.53. The van der Waals surface area contributed by atoms with Crippen molar-refractivity contribution in [3.63, 3.8) is 0 Å². The molecule has 0 spiro atoms. The van der Waals surface area contributed by atoms with Crippen molar-refractivity contribution in [3.8, 4) is 0 Å². The van der Waals surface area contributed by atoms with Crippen molar-refractivity contribution in [2.24, 2.45) is 0 Å². The number of likely N-dealkylation sites (tertiary alicyclic amines) is 1. The zero-order valence-electron chi connectivity index (χ0n) is 11.0. The molecule has 18 heavy (non-hydrogen) atoms. The number of nitrogens with zero attached hydrogens (tertiary/aromatic N) is 1. The third-order valence-corrected chi connectivity index (χ3v) is 4.37. The highest BCUT2D eigenvalue weighted by Gasteiger charge is 2.22. The smallest absolute Gasteiger partial charge is 0.0319 e. The van der Waals surface area contributed by atoms with Crippen LogP contribution in [-0.2, 0) is 0 Å². The Morgan fingerprint density at radius 3 is 2.28 bits per heavy atom. The summed E-state index contributed by atoms with van der Waals surface area (Å²) in [4.78, 5) is 2.58. The molecule has 1 aromatic rings. The van der Waals surface area contributed by atoms with E-state index in [4.69, 9.17) is 0 Å². The SMILES string of the molecule is CNC1CCN(C(C)c2ccc(Br)cc2)CC1.Cl. The van der Waals surface area contributed by atoms with Crippen LogP contribution in [0.25, 0.3) is 0 Å². The lowest BCUT2D eigenvalue weighted by Gasteiger charge is -2.36. The number of halogens is 2. The summed E-state index contributed by atoms with van der Waals surface area (Å²) in [6.07, 6.45) is 2.52. The van der Waals surface area contributed by atoms with Gasteiger partial charge in [-0.3, -0.25) is 4.90 Å². The highest BCUT2D eigenvalue weighted by molar-refractivity contribution is 9.10. The molecule has 0 saturated carbocycles. The molecule has 0 aromatic heterocycles. The van der Waals surface area contributed by atoms with Crippen molar-refractivity contribution in [3.05, 3.63) is 34.3 Å². The van der Waals surface area contributed by atoms with Gasteiger partial charge in [0.1, 0.15) is 0 Å².